The Morgan fingerprint density at radius 1 is 1.47 bits per heavy atom. The SMILES string of the molecule is CC(C)(C#N)CCN(CC(N)=O)C1CCCC1. The molecule has 0 unspecified atom stereocenters. The molecular weight excluding hydrogens is 214 g/mol. The average Bonchev–Trinajstić information content (AvgIpc) is 2.77. The zero-order chi connectivity index (χ0) is 12.9. The Kier molecular flexibility index (Phi) is 4.95. The number of nitriles is 1. The van der Waals surface area contributed by atoms with Crippen molar-refractivity contribution in [3.05, 3.63) is 0 Å². The van der Waals surface area contributed by atoms with Gasteiger partial charge in [0.25, 0.3) is 0 Å². The van der Waals surface area contributed by atoms with Gasteiger partial charge in [-0.2, -0.15) is 5.26 Å². The van der Waals surface area contributed by atoms with Crippen LogP contribution in [0.1, 0.15) is 46.0 Å². The number of carbonyl (C=O) groups is 1. The molecular formula is C13H23N3O. The molecule has 1 amide bonds. The fourth-order valence-electron chi connectivity index (χ4n) is 2.34. The summed E-state index contributed by atoms with van der Waals surface area (Å²) in [6.07, 6.45) is 5.57. The number of amides is 1. The van der Waals surface area contributed by atoms with Gasteiger partial charge in [0.2, 0.25) is 5.91 Å². The Hall–Kier alpha value is -1.08. The highest BCUT2D eigenvalue weighted by Crippen LogP contribution is 2.26. The standard InChI is InChI=1S/C13H23N3O/c1-13(2,10-14)7-8-16(9-12(15)17)11-5-3-4-6-11/h11H,3-9H2,1-2H3,(H2,15,17). The first kappa shape index (κ1) is 14.0. The predicted molar refractivity (Wildman–Crippen MR) is 67.0 cm³/mol. The monoisotopic (exact) mass is 237 g/mol. The molecule has 0 saturated heterocycles. The van der Waals surface area contributed by atoms with E-state index in [1.54, 1.807) is 0 Å². The lowest BCUT2D eigenvalue weighted by Crippen LogP contribution is -2.41. The minimum Gasteiger partial charge on any atom is -0.369 e. The van der Waals surface area contributed by atoms with Crippen LogP contribution in [0.2, 0.25) is 0 Å². The molecule has 0 aromatic carbocycles. The van der Waals surface area contributed by atoms with Crippen molar-refractivity contribution in [3.8, 4) is 6.07 Å². The van der Waals surface area contributed by atoms with E-state index in [-0.39, 0.29) is 11.3 Å². The highest BCUT2D eigenvalue weighted by Gasteiger charge is 2.26. The molecule has 0 spiro atoms. The van der Waals surface area contributed by atoms with E-state index in [0.29, 0.717) is 12.6 Å². The summed E-state index contributed by atoms with van der Waals surface area (Å²) in [6.45, 7) is 4.98. The molecule has 0 aliphatic heterocycles. The smallest absolute Gasteiger partial charge is 0.231 e. The second-order valence-electron chi connectivity index (χ2n) is 5.62. The third kappa shape index (κ3) is 4.74. The summed E-state index contributed by atoms with van der Waals surface area (Å²) in [5, 5.41) is 8.99. The molecule has 1 aliphatic carbocycles. The first-order valence-corrected chi connectivity index (χ1v) is 6.38. The molecule has 0 aromatic heterocycles. The Morgan fingerprint density at radius 2 is 2.06 bits per heavy atom. The van der Waals surface area contributed by atoms with Gasteiger partial charge in [-0.05, 0) is 33.1 Å². The second kappa shape index (κ2) is 6.02. The second-order valence-corrected chi connectivity index (χ2v) is 5.62. The van der Waals surface area contributed by atoms with Crippen LogP contribution in [0.25, 0.3) is 0 Å². The molecule has 1 fully saturated rings. The molecule has 0 heterocycles. The topological polar surface area (TPSA) is 70.1 Å². The number of primary amides is 1. The Morgan fingerprint density at radius 3 is 2.53 bits per heavy atom. The van der Waals surface area contributed by atoms with Crippen LogP contribution in [-0.4, -0.2) is 29.9 Å². The summed E-state index contributed by atoms with van der Waals surface area (Å²) in [6, 6.07) is 2.78. The van der Waals surface area contributed by atoms with Crippen LogP contribution in [0.5, 0.6) is 0 Å². The maximum atomic E-state index is 11.1. The minimum atomic E-state index is -0.325. The van der Waals surface area contributed by atoms with Crippen molar-refractivity contribution in [2.75, 3.05) is 13.1 Å². The van der Waals surface area contributed by atoms with Gasteiger partial charge in [-0.25, -0.2) is 0 Å². The van der Waals surface area contributed by atoms with Gasteiger partial charge < -0.3 is 5.73 Å². The molecule has 0 radical (unpaired) electrons. The van der Waals surface area contributed by atoms with E-state index in [1.165, 1.54) is 12.8 Å². The summed E-state index contributed by atoms with van der Waals surface area (Å²) in [5.74, 6) is -0.272. The van der Waals surface area contributed by atoms with Crippen LogP contribution >= 0.6 is 0 Å². The summed E-state index contributed by atoms with van der Waals surface area (Å²) >= 11 is 0. The quantitative estimate of drug-likeness (QED) is 0.763. The van der Waals surface area contributed by atoms with Gasteiger partial charge in [0.15, 0.2) is 0 Å². The van der Waals surface area contributed by atoms with Gasteiger partial charge in [-0.15, -0.1) is 0 Å². The van der Waals surface area contributed by atoms with E-state index in [9.17, 15) is 4.79 Å². The molecule has 4 nitrogen and oxygen atoms in total. The molecule has 1 aliphatic rings. The number of carbonyl (C=O) groups excluding carboxylic acids is 1. The average molecular weight is 237 g/mol. The van der Waals surface area contributed by atoms with Crippen molar-refractivity contribution in [3.63, 3.8) is 0 Å². The van der Waals surface area contributed by atoms with E-state index in [2.05, 4.69) is 11.0 Å². The van der Waals surface area contributed by atoms with Crippen molar-refractivity contribution in [2.24, 2.45) is 11.1 Å². The third-order valence-corrected chi connectivity index (χ3v) is 3.53. The fraction of sp³-hybridized carbons (Fsp3) is 0.846. The van der Waals surface area contributed by atoms with Gasteiger partial charge in [0.05, 0.1) is 18.0 Å². The zero-order valence-electron chi connectivity index (χ0n) is 10.9. The normalized spacial score (nSPS) is 17.3. The molecule has 2 N–H and O–H groups in total. The maximum absolute atomic E-state index is 11.1. The van der Waals surface area contributed by atoms with Gasteiger partial charge in [-0.1, -0.05) is 12.8 Å². The first-order valence-electron chi connectivity index (χ1n) is 6.38. The fourth-order valence-corrected chi connectivity index (χ4v) is 2.34. The highest BCUT2D eigenvalue weighted by molar-refractivity contribution is 5.75. The Bertz CT molecular complexity index is 300. The number of nitrogens with zero attached hydrogens (tertiary/aromatic N) is 2. The van der Waals surface area contributed by atoms with Crippen molar-refractivity contribution in [2.45, 2.75) is 52.0 Å². The third-order valence-electron chi connectivity index (χ3n) is 3.53. The van der Waals surface area contributed by atoms with Crippen LogP contribution in [0, 0.1) is 16.7 Å². The lowest BCUT2D eigenvalue weighted by molar-refractivity contribution is -0.119. The molecule has 96 valence electrons. The summed E-state index contributed by atoms with van der Waals surface area (Å²) in [7, 11) is 0. The van der Waals surface area contributed by atoms with Crippen molar-refractivity contribution in [1.82, 2.24) is 4.90 Å². The number of hydrogen-bond acceptors (Lipinski definition) is 3. The van der Waals surface area contributed by atoms with E-state index >= 15 is 0 Å². The molecule has 17 heavy (non-hydrogen) atoms. The molecule has 1 saturated carbocycles. The number of rotatable bonds is 6. The number of hydrogen-bond donors (Lipinski definition) is 1. The van der Waals surface area contributed by atoms with E-state index in [0.717, 1.165) is 25.8 Å². The van der Waals surface area contributed by atoms with Crippen LogP contribution in [-0.2, 0) is 4.79 Å². The molecule has 0 aromatic rings. The van der Waals surface area contributed by atoms with Gasteiger partial charge in [0, 0.05) is 12.6 Å². The summed E-state index contributed by atoms with van der Waals surface area (Å²) in [5.41, 5.74) is 4.96. The largest absolute Gasteiger partial charge is 0.369 e. The van der Waals surface area contributed by atoms with E-state index < -0.39 is 0 Å². The highest BCUT2D eigenvalue weighted by atomic mass is 16.1. The molecule has 0 bridgehead atoms. The zero-order valence-corrected chi connectivity index (χ0v) is 10.9. The van der Waals surface area contributed by atoms with Crippen LogP contribution in [0.4, 0.5) is 0 Å². The van der Waals surface area contributed by atoms with Crippen molar-refractivity contribution in [1.29, 1.82) is 5.26 Å². The van der Waals surface area contributed by atoms with Crippen LogP contribution < -0.4 is 5.73 Å². The van der Waals surface area contributed by atoms with Crippen LogP contribution in [0.3, 0.4) is 0 Å². The minimum absolute atomic E-state index is 0.272. The van der Waals surface area contributed by atoms with Crippen molar-refractivity contribution < 1.29 is 4.79 Å². The summed E-state index contributed by atoms with van der Waals surface area (Å²) < 4.78 is 0. The predicted octanol–water partition coefficient (Wildman–Crippen LogP) is 1.66. The van der Waals surface area contributed by atoms with E-state index in [1.807, 2.05) is 13.8 Å². The Labute approximate surface area is 104 Å². The van der Waals surface area contributed by atoms with Gasteiger partial charge in [0.1, 0.15) is 0 Å². The molecule has 4 heteroatoms. The lowest BCUT2D eigenvalue weighted by Gasteiger charge is -2.29. The van der Waals surface area contributed by atoms with Gasteiger partial charge in [-0.3, -0.25) is 9.69 Å². The van der Waals surface area contributed by atoms with Crippen LogP contribution in [0.15, 0.2) is 0 Å². The van der Waals surface area contributed by atoms with Crippen molar-refractivity contribution >= 4 is 5.91 Å². The Balaban J connectivity index is 2.52. The molecule has 1 rings (SSSR count). The lowest BCUT2D eigenvalue weighted by atomic mass is 9.91. The number of nitrogens with two attached hydrogens (primary N) is 1. The summed E-state index contributed by atoms with van der Waals surface area (Å²) in [4.78, 5) is 13.2. The molecule has 0 atom stereocenters. The van der Waals surface area contributed by atoms with E-state index in [4.69, 9.17) is 11.0 Å². The van der Waals surface area contributed by atoms with Gasteiger partial charge >= 0.3 is 0 Å². The maximum Gasteiger partial charge on any atom is 0.231 e. The first-order chi connectivity index (χ1) is 7.94.